The van der Waals surface area contributed by atoms with Gasteiger partial charge in [0.25, 0.3) is 5.91 Å². The lowest BCUT2D eigenvalue weighted by Crippen LogP contribution is -3.00. The highest BCUT2D eigenvalue weighted by Crippen LogP contribution is 2.26. The van der Waals surface area contributed by atoms with Crippen molar-refractivity contribution in [2.75, 3.05) is 33.2 Å². The Morgan fingerprint density at radius 2 is 1.69 bits per heavy atom. The first-order chi connectivity index (χ1) is 15.0. The molecule has 1 aromatic heterocycles. The van der Waals surface area contributed by atoms with Crippen molar-refractivity contribution in [3.8, 4) is 22.7 Å². The topological polar surface area (TPSA) is 62.6 Å². The Kier molecular flexibility index (Phi) is 7.79. The monoisotopic (exact) mass is 462 g/mol. The Hall–Kier alpha value is -3.01. The van der Waals surface area contributed by atoms with Gasteiger partial charge in [-0.15, -0.1) is 0 Å². The molecule has 1 aliphatic rings. The van der Waals surface area contributed by atoms with E-state index >= 15 is 0 Å². The minimum Gasteiger partial charge on any atom is -1.00 e. The molecule has 1 amide bonds. The van der Waals surface area contributed by atoms with Gasteiger partial charge in [0.2, 0.25) is 0 Å². The van der Waals surface area contributed by atoms with E-state index in [2.05, 4.69) is 20.2 Å². The average Bonchev–Trinajstić information content (AvgIpc) is 3.22. The molecule has 1 fully saturated rings. The van der Waals surface area contributed by atoms with Gasteiger partial charge < -0.3 is 22.0 Å². The second-order valence-corrected chi connectivity index (χ2v) is 7.31. The third-order valence-electron chi connectivity index (χ3n) is 5.10. The first kappa shape index (κ1) is 23.6. The van der Waals surface area contributed by atoms with E-state index in [1.54, 1.807) is 23.0 Å². The second-order valence-electron chi connectivity index (χ2n) is 7.31. The van der Waals surface area contributed by atoms with Gasteiger partial charge in [-0.05, 0) is 43.4 Å². The fraction of sp³-hybridized carbons (Fsp3) is 0.273. The third-order valence-corrected chi connectivity index (χ3v) is 5.10. The van der Waals surface area contributed by atoms with E-state index in [0.717, 1.165) is 31.9 Å². The molecule has 1 N–H and O–H groups in total. The summed E-state index contributed by atoms with van der Waals surface area (Å²) >= 11 is 0. The molecule has 1 saturated heterocycles. The average molecular weight is 463 g/mol. The summed E-state index contributed by atoms with van der Waals surface area (Å²) in [5, 5.41) is 6.50. The van der Waals surface area contributed by atoms with Gasteiger partial charge >= 0.3 is 6.61 Å². The number of ether oxygens (including phenoxy) is 1. The Balaban J connectivity index is 0.00000289. The molecule has 0 spiro atoms. The van der Waals surface area contributed by atoms with Crippen molar-refractivity contribution in [3.05, 3.63) is 66.4 Å². The number of carbonyl (C=O) groups excluding carboxylic acids is 1. The molecular formula is C22H23ClF2N5O2-. The van der Waals surface area contributed by atoms with Gasteiger partial charge in [-0.2, -0.15) is 13.9 Å². The predicted octanol–water partition coefficient (Wildman–Crippen LogP) is 0.0369. The standard InChI is InChI=1S/C22H23F2N5O2.ClH/c1-27-11-13-28(14-12-27)26-21(30)19-15-29(17-5-3-2-4-6-17)25-20(19)16-7-9-18(10-8-16)31-22(23)24;/h2-10,15,22H,11-14H2,1H3,(H,26,30);1H/p-1. The van der Waals surface area contributed by atoms with Gasteiger partial charge in [0.15, 0.2) is 0 Å². The number of amides is 1. The fourth-order valence-electron chi connectivity index (χ4n) is 3.38. The summed E-state index contributed by atoms with van der Waals surface area (Å²) in [5.41, 5.74) is 5.24. The number of likely N-dealkylation sites (N-methyl/N-ethyl adjacent to an activating group) is 1. The molecule has 0 bridgehead atoms. The quantitative estimate of drug-likeness (QED) is 0.560. The molecule has 4 rings (SSSR count). The number of hydrogen-bond donors (Lipinski definition) is 1. The maximum absolute atomic E-state index is 13.1. The Morgan fingerprint density at radius 3 is 2.31 bits per heavy atom. The number of aromatic nitrogens is 2. The molecule has 0 atom stereocenters. The summed E-state index contributed by atoms with van der Waals surface area (Å²) in [6, 6.07) is 15.5. The molecule has 32 heavy (non-hydrogen) atoms. The van der Waals surface area contributed by atoms with Gasteiger partial charge in [0.05, 0.1) is 11.3 Å². The van der Waals surface area contributed by atoms with Crippen LogP contribution in [0.15, 0.2) is 60.8 Å². The Labute approximate surface area is 191 Å². The van der Waals surface area contributed by atoms with Crippen molar-refractivity contribution >= 4 is 5.91 Å². The van der Waals surface area contributed by atoms with Crippen LogP contribution in [0, 0.1) is 0 Å². The lowest BCUT2D eigenvalue weighted by atomic mass is 10.1. The van der Waals surface area contributed by atoms with E-state index in [1.165, 1.54) is 12.1 Å². The summed E-state index contributed by atoms with van der Waals surface area (Å²) in [7, 11) is 2.04. The summed E-state index contributed by atoms with van der Waals surface area (Å²) in [6.07, 6.45) is 1.68. The van der Waals surface area contributed by atoms with Crippen molar-refractivity contribution in [2.45, 2.75) is 6.61 Å². The van der Waals surface area contributed by atoms with E-state index in [9.17, 15) is 13.6 Å². The molecule has 0 aliphatic carbocycles. The number of alkyl halides is 2. The number of halogens is 3. The van der Waals surface area contributed by atoms with Crippen molar-refractivity contribution in [2.24, 2.45) is 0 Å². The summed E-state index contributed by atoms with van der Waals surface area (Å²) in [4.78, 5) is 15.3. The van der Waals surface area contributed by atoms with Crippen LogP contribution in [0.3, 0.4) is 0 Å². The van der Waals surface area contributed by atoms with Gasteiger partial charge in [0.1, 0.15) is 11.4 Å². The van der Waals surface area contributed by atoms with Crippen molar-refractivity contribution < 1.29 is 30.7 Å². The van der Waals surface area contributed by atoms with Gasteiger partial charge in [-0.25, -0.2) is 9.69 Å². The minimum absolute atomic E-state index is 0. The van der Waals surface area contributed by atoms with E-state index in [1.807, 2.05) is 42.4 Å². The molecular weight excluding hydrogens is 440 g/mol. The second kappa shape index (κ2) is 10.5. The molecule has 3 aromatic rings. The normalized spacial score (nSPS) is 14.8. The van der Waals surface area contributed by atoms with E-state index in [4.69, 9.17) is 0 Å². The maximum Gasteiger partial charge on any atom is 0.387 e. The molecule has 7 nitrogen and oxygen atoms in total. The lowest BCUT2D eigenvalue weighted by molar-refractivity contribution is -0.0498. The zero-order chi connectivity index (χ0) is 21.8. The van der Waals surface area contributed by atoms with Crippen LogP contribution in [0.1, 0.15) is 10.4 Å². The highest BCUT2D eigenvalue weighted by atomic mass is 35.5. The lowest BCUT2D eigenvalue weighted by Gasteiger charge is -2.32. The largest absolute Gasteiger partial charge is 1.00 e. The number of piperazine rings is 1. The number of hydrazine groups is 1. The van der Waals surface area contributed by atoms with Crippen LogP contribution in [-0.2, 0) is 0 Å². The minimum atomic E-state index is -2.90. The summed E-state index contributed by atoms with van der Waals surface area (Å²) < 4.78 is 31.0. The number of benzene rings is 2. The zero-order valence-electron chi connectivity index (χ0n) is 17.4. The number of nitrogens with zero attached hydrogens (tertiary/aromatic N) is 4. The van der Waals surface area contributed by atoms with Crippen LogP contribution in [0.2, 0.25) is 0 Å². The van der Waals surface area contributed by atoms with Crippen molar-refractivity contribution in [3.63, 3.8) is 0 Å². The molecule has 170 valence electrons. The molecule has 2 aromatic carbocycles. The smallest absolute Gasteiger partial charge is 0.387 e. The van der Waals surface area contributed by atoms with Crippen LogP contribution < -0.4 is 22.6 Å². The number of para-hydroxylation sites is 1. The van der Waals surface area contributed by atoms with Gasteiger partial charge in [-0.3, -0.25) is 10.2 Å². The SMILES string of the molecule is CN1CCN(NC(=O)c2cn(-c3ccccc3)nc2-c2ccc(OC(F)F)cc2)CC1.[Cl-]. The van der Waals surface area contributed by atoms with Crippen molar-refractivity contribution in [1.82, 2.24) is 25.1 Å². The fourth-order valence-corrected chi connectivity index (χ4v) is 3.38. The van der Waals surface area contributed by atoms with E-state index in [0.29, 0.717) is 16.8 Å². The molecule has 0 radical (unpaired) electrons. The number of nitrogens with one attached hydrogen (secondary N) is 1. The number of rotatable bonds is 6. The van der Waals surface area contributed by atoms with Crippen LogP contribution in [-0.4, -0.2) is 65.4 Å². The molecule has 0 saturated carbocycles. The van der Waals surface area contributed by atoms with Gasteiger partial charge in [-0.1, -0.05) is 18.2 Å². The maximum atomic E-state index is 13.1. The summed E-state index contributed by atoms with van der Waals surface area (Å²) in [6.45, 7) is 0.283. The van der Waals surface area contributed by atoms with E-state index < -0.39 is 6.61 Å². The van der Waals surface area contributed by atoms with Crippen molar-refractivity contribution in [1.29, 1.82) is 0 Å². The molecule has 0 unspecified atom stereocenters. The van der Waals surface area contributed by atoms with Crippen LogP contribution >= 0.6 is 0 Å². The Morgan fingerprint density at radius 1 is 1.03 bits per heavy atom. The van der Waals surface area contributed by atoms with Crippen LogP contribution in [0.4, 0.5) is 8.78 Å². The van der Waals surface area contributed by atoms with Gasteiger partial charge in [0, 0.05) is 37.9 Å². The number of hydrogen-bond acceptors (Lipinski definition) is 5. The highest BCUT2D eigenvalue weighted by Gasteiger charge is 2.22. The van der Waals surface area contributed by atoms with Crippen LogP contribution in [0.5, 0.6) is 5.75 Å². The highest BCUT2D eigenvalue weighted by molar-refractivity contribution is 5.99. The molecule has 1 aliphatic heterocycles. The zero-order valence-corrected chi connectivity index (χ0v) is 18.2. The first-order valence-corrected chi connectivity index (χ1v) is 9.94. The Bertz CT molecular complexity index is 1020. The molecule has 2 heterocycles. The first-order valence-electron chi connectivity index (χ1n) is 9.94. The van der Waals surface area contributed by atoms with Crippen LogP contribution in [0.25, 0.3) is 16.9 Å². The summed E-state index contributed by atoms with van der Waals surface area (Å²) in [5.74, 6) is -0.223. The predicted molar refractivity (Wildman–Crippen MR) is 112 cm³/mol. The number of carbonyl (C=O) groups is 1. The third kappa shape index (κ3) is 5.61. The van der Waals surface area contributed by atoms with E-state index in [-0.39, 0.29) is 24.1 Å². The molecule has 10 heteroatoms.